The summed E-state index contributed by atoms with van der Waals surface area (Å²) in [6.45, 7) is 3.73. The molecule has 226 valence electrons. The Morgan fingerprint density at radius 3 is 2.39 bits per heavy atom. The van der Waals surface area contributed by atoms with Crippen LogP contribution >= 0.6 is 0 Å². The van der Waals surface area contributed by atoms with Crippen LogP contribution in [0.15, 0.2) is 24.3 Å². The van der Waals surface area contributed by atoms with Crippen LogP contribution in [0.2, 0.25) is 0 Å². The van der Waals surface area contributed by atoms with Crippen LogP contribution in [0.4, 0.5) is 13.2 Å². The molecule has 0 aliphatic carbocycles. The molecule has 1 aliphatic rings. The SMILES string of the molecule is COc1ccc(CNC(=O)C(CC(C)C)NC(=O)C2CCCCN2S(=O)(=O)Cc2c(F)cc(F)cc2F)c(OC)n1. The van der Waals surface area contributed by atoms with Crippen LogP contribution in [-0.2, 0) is 31.9 Å². The van der Waals surface area contributed by atoms with Crippen molar-refractivity contribution in [1.82, 2.24) is 19.9 Å². The number of aromatic nitrogens is 1. The first-order valence-electron chi connectivity index (χ1n) is 13.1. The smallest absolute Gasteiger partial charge is 0.242 e. The van der Waals surface area contributed by atoms with E-state index in [2.05, 4.69) is 15.6 Å². The molecule has 2 unspecified atom stereocenters. The van der Waals surface area contributed by atoms with Gasteiger partial charge in [0.15, 0.2) is 0 Å². The number of nitrogens with one attached hydrogen (secondary N) is 2. The third-order valence-corrected chi connectivity index (χ3v) is 8.46. The van der Waals surface area contributed by atoms with E-state index in [1.165, 1.54) is 14.2 Å². The van der Waals surface area contributed by atoms with Crippen molar-refractivity contribution >= 4 is 21.8 Å². The van der Waals surface area contributed by atoms with Gasteiger partial charge in [0.05, 0.1) is 20.0 Å². The maximum absolute atomic E-state index is 14.2. The molecule has 2 heterocycles. The number of pyridine rings is 1. The van der Waals surface area contributed by atoms with Crippen molar-refractivity contribution in [3.8, 4) is 11.8 Å². The molecule has 0 radical (unpaired) electrons. The highest BCUT2D eigenvalue weighted by atomic mass is 32.2. The third-order valence-electron chi connectivity index (χ3n) is 6.66. The molecular formula is C27H35F3N4O6S. The Labute approximate surface area is 237 Å². The number of sulfonamides is 1. The Morgan fingerprint density at radius 2 is 1.78 bits per heavy atom. The fourth-order valence-electron chi connectivity index (χ4n) is 4.63. The first-order valence-corrected chi connectivity index (χ1v) is 14.8. The second-order valence-electron chi connectivity index (χ2n) is 10.2. The molecule has 1 aromatic carbocycles. The molecular weight excluding hydrogens is 565 g/mol. The van der Waals surface area contributed by atoms with E-state index in [4.69, 9.17) is 9.47 Å². The summed E-state index contributed by atoms with van der Waals surface area (Å²) in [5, 5.41) is 5.43. The molecule has 2 amide bonds. The number of rotatable bonds is 12. The second-order valence-corrected chi connectivity index (χ2v) is 12.1. The topological polar surface area (TPSA) is 127 Å². The number of hydrogen-bond acceptors (Lipinski definition) is 7. The van der Waals surface area contributed by atoms with Crippen LogP contribution in [-0.4, -0.2) is 62.4 Å². The van der Waals surface area contributed by atoms with Crippen molar-refractivity contribution in [3.05, 3.63) is 52.8 Å². The van der Waals surface area contributed by atoms with Crippen molar-refractivity contribution in [2.75, 3.05) is 20.8 Å². The Hall–Kier alpha value is -3.39. The average Bonchev–Trinajstić information content (AvgIpc) is 2.92. The van der Waals surface area contributed by atoms with Crippen LogP contribution in [0.25, 0.3) is 0 Å². The molecule has 1 aromatic heterocycles. The van der Waals surface area contributed by atoms with E-state index in [1.807, 2.05) is 13.8 Å². The third kappa shape index (κ3) is 8.32. The van der Waals surface area contributed by atoms with Crippen LogP contribution in [0.3, 0.4) is 0 Å². The van der Waals surface area contributed by atoms with Gasteiger partial charge in [-0.1, -0.05) is 20.3 Å². The molecule has 1 aliphatic heterocycles. The molecule has 1 fully saturated rings. The van der Waals surface area contributed by atoms with E-state index in [-0.39, 0.29) is 37.7 Å². The van der Waals surface area contributed by atoms with E-state index in [0.717, 1.165) is 4.31 Å². The summed E-state index contributed by atoms with van der Waals surface area (Å²) >= 11 is 0. The summed E-state index contributed by atoms with van der Waals surface area (Å²) in [6.07, 6.45) is 1.39. The van der Waals surface area contributed by atoms with E-state index in [1.54, 1.807) is 12.1 Å². The van der Waals surface area contributed by atoms with Gasteiger partial charge >= 0.3 is 0 Å². The minimum Gasteiger partial charge on any atom is -0.481 e. The monoisotopic (exact) mass is 600 g/mol. The van der Waals surface area contributed by atoms with E-state index in [9.17, 15) is 31.2 Å². The quantitative estimate of drug-likeness (QED) is 0.384. The van der Waals surface area contributed by atoms with Crippen molar-refractivity contribution in [1.29, 1.82) is 0 Å². The first kappa shape index (κ1) is 32.1. The zero-order chi connectivity index (χ0) is 30.3. The number of ether oxygens (including phenoxy) is 2. The molecule has 2 aromatic rings. The molecule has 41 heavy (non-hydrogen) atoms. The molecule has 2 atom stereocenters. The predicted octanol–water partition coefficient (Wildman–Crippen LogP) is 3.05. The minimum absolute atomic E-state index is 0.00106. The summed E-state index contributed by atoms with van der Waals surface area (Å²) < 4.78 is 79.5. The number of carbonyl (C=O) groups is 2. The lowest BCUT2D eigenvalue weighted by Gasteiger charge is -2.34. The van der Waals surface area contributed by atoms with E-state index in [0.29, 0.717) is 36.4 Å². The molecule has 10 nitrogen and oxygen atoms in total. The average molecular weight is 601 g/mol. The summed E-state index contributed by atoms with van der Waals surface area (Å²) in [7, 11) is -1.50. The lowest BCUT2D eigenvalue weighted by Crippen LogP contribution is -2.56. The van der Waals surface area contributed by atoms with Gasteiger partial charge < -0.3 is 20.1 Å². The fourth-order valence-corrected chi connectivity index (χ4v) is 6.43. The number of benzene rings is 1. The molecule has 0 bridgehead atoms. The number of amides is 2. The van der Waals surface area contributed by atoms with Gasteiger partial charge in [-0.05, 0) is 31.2 Å². The minimum atomic E-state index is -4.39. The fraction of sp³-hybridized carbons (Fsp3) is 0.519. The van der Waals surface area contributed by atoms with Gasteiger partial charge in [0.25, 0.3) is 0 Å². The van der Waals surface area contributed by atoms with Gasteiger partial charge in [-0.2, -0.15) is 9.29 Å². The zero-order valence-corrected chi connectivity index (χ0v) is 24.2. The van der Waals surface area contributed by atoms with Gasteiger partial charge in [-0.15, -0.1) is 0 Å². The summed E-state index contributed by atoms with van der Waals surface area (Å²) in [5.74, 6) is -5.52. The number of carbonyl (C=O) groups excluding carboxylic acids is 2. The van der Waals surface area contributed by atoms with E-state index < -0.39 is 62.7 Å². The van der Waals surface area contributed by atoms with Crippen molar-refractivity contribution < 1.29 is 40.7 Å². The Balaban J connectivity index is 1.76. The lowest BCUT2D eigenvalue weighted by molar-refractivity contribution is -0.132. The Bertz CT molecular complexity index is 1340. The molecule has 0 saturated carbocycles. The van der Waals surface area contributed by atoms with Gasteiger partial charge in [0, 0.05) is 42.4 Å². The molecule has 1 saturated heterocycles. The summed E-state index contributed by atoms with van der Waals surface area (Å²) in [4.78, 5) is 30.7. The first-order chi connectivity index (χ1) is 19.4. The molecule has 14 heteroatoms. The highest BCUT2D eigenvalue weighted by molar-refractivity contribution is 7.88. The maximum Gasteiger partial charge on any atom is 0.242 e. The number of piperidine rings is 1. The lowest BCUT2D eigenvalue weighted by atomic mass is 10.0. The van der Waals surface area contributed by atoms with Gasteiger partial charge in [-0.25, -0.2) is 21.6 Å². The number of halogens is 3. The molecule has 3 rings (SSSR count). The number of methoxy groups -OCH3 is 2. The number of hydrogen-bond donors (Lipinski definition) is 2. The predicted molar refractivity (Wildman–Crippen MR) is 144 cm³/mol. The summed E-state index contributed by atoms with van der Waals surface area (Å²) in [6, 6.07) is 1.92. The van der Waals surface area contributed by atoms with Crippen LogP contribution in [0.1, 0.15) is 50.7 Å². The highest BCUT2D eigenvalue weighted by Crippen LogP contribution is 2.26. The van der Waals surface area contributed by atoms with Gasteiger partial charge in [0.1, 0.15) is 29.5 Å². The van der Waals surface area contributed by atoms with Crippen LogP contribution in [0, 0.1) is 23.4 Å². The van der Waals surface area contributed by atoms with Crippen molar-refractivity contribution in [2.24, 2.45) is 5.92 Å². The maximum atomic E-state index is 14.2. The van der Waals surface area contributed by atoms with Crippen LogP contribution in [0.5, 0.6) is 11.8 Å². The Kier molecular flexibility index (Phi) is 11.0. The van der Waals surface area contributed by atoms with Crippen LogP contribution < -0.4 is 20.1 Å². The van der Waals surface area contributed by atoms with E-state index >= 15 is 0 Å². The zero-order valence-electron chi connectivity index (χ0n) is 23.4. The largest absolute Gasteiger partial charge is 0.481 e. The molecule has 2 N–H and O–H groups in total. The van der Waals surface area contributed by atoms with Gasteiger partial charge in [-0.3, -0.25) is 9.59 Å². The highest BCUT2D eigenvalue weighted by Gasteiger charge is 2.39. The van der Waals surface area contributed by atoms with Gasteiger partial charge in [0.2, 0.25) is 33.6 Å². The molecule has 0 spiro atoms. The summed E-state index contributed by atoms with van der Waals surface area (Å²) in [5.41, 5.74) is -0.238. The number of nitrogens with zero attached hydrogens (tertiary/aromatic N) is 2. The second kappa shape index (κ2) is 14.0. The van der Waals surface area contributed by atoms with Crippen molar-refractivity contribution in [2.45, 2.75) is 63.9 Å². The Morgan fingerprint density at radius 1 is 1.10 bits per heavy atom. The standard InChI is InChI=1S/C27H35F3N4O6S/c1-16(2)11-22(25(35)31-14-17-8-9-24(39-3)33-27(17)40-4)32-26(36)23-7-5-6-10-34(23)41(37,38)15-19-20(29)12-18(28)13-21(19)30/h8-9,12-13,16,22-23H,5-7,10-11,14-15H2,1-4H3,(H,31,35)(H,32,36). The normalized spacial score (nSPS) is 16.7. The van der Waals surface area contributed by atoms with Crippen molar-refractivity contribution in [3.63, 3.8) is 0 Å².